The molecule has 3 heteroatoms. The highest BCUT2D eigenvalue weighted by Gasteiger charge is 2.19. The van der Waals surface area contributed by atoms with Crippen LogP contribution in [0.25, 0.3) is 0 Å². The Morgan fingerprint density at radius 3 is 2.67 bits per heavy atom. The Morgan fingerprint density at radius 1 is 1.20 bits per heavy atom. The van der Waals surface area contributed by atoms with Crippen LogP contribution in [0.1, 0.15) is 51.9 Å². The molecule has 1 amide bonds. The maximum Gasteiger partial charge on any atom is 0.221 e. The van der Waals surface area contributed by atoms with E-state index in [2.05, 4.69) is 17.6 Å². The van der Waals surface area contributed by atoms with Gasteiger partial charge in [0.15, 0.2) is 0 Å². The van der Waals surface area contributed by atoms with E-state index in [-0.39, 0.29) is 5.91 Å². The number of carbonyl (C=O) groups excluding carboxylic acids is 1. The number of nitrogens with one attached hydrogen (secondary N) is 2. The van der Waals surface area contributed by atoms with Crippen molar-refractivity contribution in [3.8, 4) is 0 Å². The van der Waals surface area contributed by atoms with Crippen molar-refractivity contribution in [3.05, 3.63) is 0 Å². The summed E-state index contributed by atoms with van der Waals surface area (Å²) in [5.41, 5.74) is 0. The molecule has 0 radical (unpaired) electrons. The van der Waals surface area contributed by atoms with Crippen molar-refractivity contribution in [1.29, 1.82) is 0 Å². The van der Waals surface area contributed by atoms with E-state index in [4.69, 9.17) is 0 Å². The van der Waals surface area contributed by atoms with Crippen molar-refractivity contribution in [3.63, 3.8) is 0 Å². The van der Waals surface area contributed by atoms with Gasteiger partial charge >= 0.3 is 0 Å². The SMILES string of the molecule is CCCCCCNC(=O)CCNC1CC1. The largest absolute Gasteiger partial charge is 0.356 e. The predicted octanol–water partition coefficient (Wildman–Crippen LogP) is 1.82. The van der Waals surface area contributed by atoms with Crippen LogP contribution in [0.2, 0.25) is 0 Å². The predicted molar refractivity (Wildman–Crippen MR) is 62.8 cm³/mol. The fourth-order valence-electron chi connectivity index (χ4n) is 1.55. The van der Waals surface area contributed by atoms with E-state index in [1.54, 1.807) is 0 Å². The Kier molecular flexibility index (Phi) is 6.41. The van der Waals surface area contributed by atoms with Gasteiger partial charge in [-0.2, -0.15) is 0 Å². The molecule has 0 unspecified atom stereocenters. The number of hydrogen-bond donors (Lipinski definition) is 2. The number of rotatable bonds is 9. The van der Waals surface area contributed by atoms with E-state index in [0.29, 0.717) is 12.5 Å². The molecule has 1 saturated carbocycles. The molecular formula is C12H24N2O. The van der Waals surface area contributed by atoms with Crippen LogP contribution in [-0.2, 0) is 4.79 Å². The van der Waals surface area contributed by atoms with Gasteiger partial charge in [0.1, 0.15) is 0 Å². The number of carbonyl (C=O) groups is 1. The molecule has 0 heterocycles. The van der Waals surface area contributed by atoms with Gasteiger partial charge in [0.2, 0.25) is 5.91 Å². The maximum atomic E-state index is 11.3. The molecule has 3 nitrogen and oxygen atoms in total. The molecule has 1 aliphatic carbocycles. The molecule has 0 aromatic carbocycles. The highest BCUT2D eigenvalue weighted by molar-refractivity contribution is 5.75. The fourth-order valence-corrected chi connectivity index (χ4v) is 1.55. The molecule has 1 fully saturated rings. The zero-order chi connectivity index (χ0) is 10.9. The minimum atomic E-state index is 0.194. The summed E-state index contributed by atoms with van der Waals surface area (Å²) in [6.07, 6.45) is 8.09. The Morgan fingerprint density at radius 2 is 2.00 bits per heavy atom. The Balaban J connectivity index is 1.80. The van der Waals surface area contributed by atoms with Gasteiger partial charge in [-0.15, -0.1) is 0 Å². The normalized spacial score (nSPS) is 15.3. The number of unbranched alkanes of at least 4 members (excludes halogenated alkanes) is 3. The molecule has 1 rings (SSSR count). The zero-order valence-electron chi connectivity index (χ0n) is 9.85. The number of hydrogen-bond acceptors (Lipinski definition) is 2. The summed E-state index contributed by atoms with van der Waals surface area (Å²) in [5, 5.41) is 6.29. The molecule has 1 aliphatic rings. The third-order valence-corrected chi connectivity index (χ3v) is 2.71. The van der Waals surface area contributed by atoms with Crippen molar-refractivity contribution in [2.45, 2.75) is 57.9 Å². The molecule has 0 spiro atoms. The topological polar surface area (TPSA) is 41.1 Å². The first kappa shape index (κ1) is 12.5. The summed E-state index contributed by atoms with van der Waals surface area (Å²) in [6.45, 7) is 3.88. The van der Waals surface area contributed by atoms with Gasteiger partial charge in [-0.3, -0.25) is 4.79 Å². The summed E-state index contributed by atoms with van der Waals surface area (Å²) >= 11 is 0. The smallest absolute Gasteiger partial charge is 0.221 e. The first-order valence-electron chi connectivity index (χ1n) is 6.33. The van der Waals surface area contributed by atoms with Gasteiger partial charge < -0.3 is 10.6 Å². The van der Waals surface area contributed by atoms with Crippen molar-refractivity contribution in [2.75, 3.05) is 13.1 Å². The minimum absolute atomic E-state index is 0.194. The van der Waals surface area contributed by atoms with Gasteiger partial charge in [0.25, 0.3) is 0 Å². The quantitative estimate of drug-likeness (QED) is 0.572. The average Bonchev–Trinajstić information content (AvgIpc) is 3.01. The Labute approximate surface area is 93.0 Å². The second-order valence-electron chi connectivity index (χ2n) is 4.39. The molecule has 0 aliphatic heterocycles. The lowest BCUT2D eigenvalue weighted by molar-refractivity contribution is -0.121. The van der Waals surface area contributed by atoms with Crippen LogP contribution in [0.15, 0.2) is 0 Å². The van der Waals surface area contributed by atoms with E-state index in [1.165, 1.54) is 32.1 Å². The summed E-state index contributed by atoms with van der Waals surface area (Å²) in [5.74, 6) is 0.194. The average molecular weight is 212 g/mol. The van der Waals surface area contributed by atoms with Gasteiger partial charge in [-0.25, -0.2) is 0 Å². The third kappa shape index (κ3) is 7.37. The van der Waals surface area contributed by atoms with E-state index in [1.807, 2.05) is 0 Å². The van der Waals surface area contributed by atoms with Crippen LogP contribution in [0, 0.1) is 0 Å². The van der Waals surface area contributed by atoms with E-state index in [0.717, 1.165) is 19.5 Å². The van der Waals surface area contributed by atoms with Crippen LogP contribution < -0.4 is 10.6 Å². The van der Waals surface area contributed by atoms with E-state index >= 15 is 0 Å². The Bertz CT molecular complexity index is 178. The molecule has 15 heavy (non-hydrogen) atoms. The molecule has 0 saturated heterocycles. The molecule has 0 aromatic rings. The second-order valence-corrected chi connectivity index (χ2v) is 4.39. The molecule has 2 N–H and O–H groups in total. The van der Waals surface area contributed by atoms with Crippen LogP contribution in [0.3, 0.4) is 0 Å². The molecule has 0 aromatic heterocycles. The van der Waals surface area contributed by atoms with Crippen molar-refractivity contribution >= 4 is 5.91 Å². The molecule has 88 valence electrons. The second kappa shape index (κ2) is 7.69. The van der Waals surface area contributed by atoms with Crippen LogP contribution in [0.5, 0.6) is 0 Å². The van der Waals surface area contributed by atoms with Gasteiger partial charge in [-0.1, -0.05) is 26.2 Å². The third-order valence-electron chi connectivity index (χ3n) is 2.71. The lowest BCUT2D eigenvalue weighted by atomic mass is 10.2. The monoisotopic (exact) mass is 212 g/mol. The van der Waals surface area contributed by atoms with E-state index < -0.39 is 0 Å². The van der Waals surface area contributed by atoms with Crippen molar-refractivity contribution in [1.82, 2.24) is 10.6 Å². The lowest BCUT2D eigenvalue weighted by Gasteiger charge is -2.05. The first-order valence-corrected chi connectivity index (χ1v) is 6.33. The fraction of sp³-hybridized carbons (Fsp3) is 0.917. The maximum absolute atomic E-state index is 11.3. The van der Waals surface area contributed by atoms with Gasteiger partial charge in [0.05, 0.1) is 0 Å². The molecule has 0 atom stereocenters. The molecule has 0 bridgehead atoms. The van der Waals surface area contributed by atoms with Gasteiger partial charge in [0, 0.05) is 25.6 Å². The number of amides is 1. The lowest BCUT2D eigenvalue weighted by Crippen LogP contribution is -2.29. The summed E-state index contributed by atoms with van der Waals surface area (Å²) in [4.78, 5) is 11.3. The van der Waals surface area contributed by atoms with Gasteiger partial charge in [-0.05, 0) is 19.3 Å². The summed E-state index contributed by atoms with van der Waals surface area (Å²) in [7, 11) is 0. The Hall–Kier alpha value is -0.570. The van der Waals surface area contributed by atoms with Crippen molar-refractivity contribution in [2.24, 2.45) is 0 Å². The van der Waals surface area contributed by atoms with Crippen LogP contribution in [-0.4, -0.2) is 25.0 Å². The summed E-state index contributed by atoms with van der Waals surface area (Å²) < 4.78 is 0. The van der Waals surface area contributed by atoms with E-state index in [9.17, 15) is 4.79 Å². The van der Waals surface area contributed by atoms with Crippen LogP contribution in [0.4, 0.5) is 0 Å². The zero-order valence-corrected chi connectivity index (χ0v) is 9.85. The molecular weight excluding hydrogens is 188 g/mol. The van der Waals surface area contributed by atoms with Crippen LogP contribution >= 0.6 is 0 Å². The standard InChI is InChI=1S/C12H24N2O/c1-2-3-4-5-9-14-12(15)8-10-13-11-6-7-11/h11,13H,2-10H2,1H3,(H,14,15). The highest BCUT2D eigenvalue weighted by Crippen LogP contribution is 2.18. The minimum Gasteiger partial charge on any atom is -0.356 e. The highest BCUT2D eigenvalue weighted by atomic mass is 16.1. The summed E-state index contributed by atoms with van der Waals surface area (Å²) in [6, 6.07) is 0.711. The van der Waals surface area contributed by atoms with Crippen molar-refractivity contribution < 1.29 is 4.79 Å². The first-order chi connectivity index (χ1) is 7.33.